The molecule has 7 nitrogen and oxygen atoms in total. The maximum Gasteiger partial charge on any atom is 0.339 e. The summed E-state index contributed by atoms with van der Waals surface area (Å²) in [7, 11) is -4.01. The van der Waals surface area contributed by atoms with Gasteiger partial charge in [0.15, 0.2) is 0 Å². The van der Waals surface area contributed by atoms with Crippen molar-refractivity contribution in [3.8, 4) is 5.75 Å². The number of hydrogen-bond acceptors (Lipinski definition) is 6. The first-order chi connectivity index (χ1) is 17.1. The van der Waals surface area contributed by atoms with Gasteiger partial charge in [0.25, 0.3) is 0 Å². The molecule has 1 atom stereocenters. The SMILES string of the molecule is Cc1ccc(S(=O)(=O)NC(Cc2ccccc2)C(=O)Oc2ccc3c(C)c(C)c(=O)oc3c2C)cc1. The summed E-state index contributed by atoms with van der Waals surface area (Å²) >= 11 is 0. The van der Waals surface area contributed by atoms with Gasteiger partial charge in [-0.1, -0.05) is 48.0 Å². The Kier molecular flexibility index (Phi) is 7.10. The van der Waals surface area contributed by atoms with Crippen LogP contribution in [0.5, 0.6) is 5.75 Å². The number of ether oxygens (including phenoxy) is 1. The molecule has 8 heteroatoms. The number of rotatable bonds is 7. The number of aryl methyl sites for hydroxylation is 3. The first-order valence-corrected chi connectivity index (χ1v) is 12.9. The average Bonchev–Trinajstić information content (AvgIpc) is 2.85. The summed E-state index contributed by atoms with van der Waals surface area (Å²) in [5, 5.41) is 0.741. The number of benzene rings is 3. The summed E-state index contributed by atoms with van der Waals surface area (Å²) < 4.78 is 39.8. The van der Waals surface area contributed by atoms with Gasteiger partial charge in [-0.15, -0.1) is 0 Å². The molecular formula is C28H27NO6S. The van der Waals surface area contributed by atoms with Gasteiger partial charge >= 0.3 is 11.6 Å². The molecule has 0 saturated carbocycles. The fourth-order valence-corrected chi connectivity index (χ4v) is 5.10. The van der Waals surface area contributed by atoms with Crippen LogP contribution in [0.2, 0.25) is 0 Å². The minimum absolute atomic E-state index is 0.0495. The van der Waals surface area contributed by atoms with Gasteiger partial charge in [0.2, 0.25) is 10.0 Å². The summed E-state index contributed by atoms with van der Waals surface area (Å²) in [5.41, 5.74) is 3.32. The molecular weight excluding hydrogens is 478 g/mol. The predicted molar refractivity (Wildman–Crippen MR) is 138 cm³/mol. The van der Waals surface area contributed by atoms with Crippen molar-refractivity contribution in [3.05, 3.63) is 105 Å². The van der Waals surface area contributed by atoms with E-state index in [2.05, 4.69) is 4.72 Å². The van der Waals surface area contributed by atoms with Crippen LogP contribution < -0.4 is 15.1 Å². The second kappa shape index (κ2) is 10.1. The Morgan fingerprint density at radius 2 is 1.56 bits per heavy atom. The second-order valence-electron chi connectivity index (χ2n) is 8.80. The van der Waals surface area contributed by atoms with E-state index in [4.69, 9.17) is 9.15 Å². The van der Waals surface area contributed by atoms with Crippen LogP contribution in [0.1, 0.15) is 27.8 Å². The Labute approximate surface area is 209 Å². The lowest BCUT2D eigenvalue weighted by Gasteiger charge is -2.19. The van der Waals surface area contributed by atoms with Crippen molar-refractivity contribution in [2.24, 2.45) is 0 Å². The number of carbonyl (C=O) groups is 1. The highest BCUT2D eigenvalue weighted by atomic mass is 32.2. The highest BCUT2D eigenvalue weighted by molar-refractivity contribution is 7.89. The van der Waals surface area contributed by atoms with Crippen LogP contribution in [0.3, 0.4) is 0 Å². The molecule has 1 unspecified atom stereocenters. The van der Waals surface area contributed by atoms with Gasteiger partial charge in [0, 0.05) is 16.5 Å². The molecule has 186 valence electrons. The molecule has 3 aromatic carbocycles. The summed E-state index contributed by atoms with van der Waals surface area (Å²) in [5.74, 6) is -0.588. The number of hydrogen-bond donors (Lipinski definition) is 1. The quantitative estimate of drug-likeness (QED) is 0.225. The Hall–Kier alpha value is -3.75. The van der Waals surface area contributed by atoms with E-state index in [1.165, 1.54) is 12.1 Å². The van der Waals surface area contributed by atoms with E-state index >= 15 is 0 Å². The lowest BCUT2D eigenvalue weighted by molar-refractivity contribution is -0.136. The van der Waals surface area contributed by atoms with Gasteiger partial charge in [-0.05, 0) is 69.5 Å². The first-order valence-electron chi connectivity index (χ1n) is 11.4. The Morgan fingerprint density at radius 1 is 0.889 bits per heavy atom. The molecule has 36 heavy (non-hydrogen) atoms. The van der Waals surface area contributed by atoms with E-state index in [0.717, 1.165) is 22.1 Å². The molecule has 0 aliphatic heterocycles. The van der Waals surface area contributed by atoms with Gasteiger partial charge < -0.3 is 9.15 Å². The third-order valence-electron chi connectivity index (χ3n) is 6.23. The zero-order chi connectivity index (χ0) is 26.0. The van der Waals surface area contributed by atoms with Crippen LogP contribution >= 0.6 is 0 Å². The summed E-state index contributed by atoms with van der Waals surface area (Å²) in [6.45, 7) is 7.06. The molecule has 4 aromatic rings. The van der Waals surface area contributed by atoms with Crippen LogP contribution in [-0.2, 0) is 21.2 Å². The minimum atomic E-state index is -4.01. The maximum atomic E-state index is 13.3. The third kappa shape index (κ3) is 5.24. The number of carbonyl (C=O) groups excluding carboxylic acids is 1. The number of fused-ring (bicyclic) bond motifs is 1. The van der Waals surface area contributed by atoms with E-state index in [1.54, 1.807) is 38.1 Å². The summed E-state index contributed by atoms with van der Waals surface area (Å²) in [6.07, 6.45) is 0.0881. The van der Waals surface area contributed by atoms with Crippen LogP contribution in [0.4, 0.5) is 0 Å². The molecule has 0 amide bonds. The monoisotopic (exact) mass is 505 g/mol. The minimum Gasteiger partial charge on any atom is -0.425 e. The molecule has 1 heterocycles. The number of nitrogens with one attached hydrogen (secondary N) is 1. The smallest absolute Gasteiger partial charge is 0.339 e. The van der Waals surface area contributed by atoms with Gasteiger partial charge in [-0.3, -0.25) is 0 Å². The topological polar surface area (TPSA) is 103 Å². The van der Waals surface area contributed by atoms with E-state index in [0.29, 0.717) is 16.7 Å². The van der Waals surface area contributed by atoms with Gasteiger partial charge in [0.1, 0.15) is 17.4 Å². The summed E-state index contributed by atoms with van der Waals surface area (Å²) in [6, 6.07) is 17.6. The standard InChI is InChI=1S/C28H27NO6S/c1-17-10-12-22(13-11-17)36(32,33)29-24(16-21-8-6-5-7-9-21)28(31)34-25-15-14-23-18(2)19(3)27(30)35-26(23)20(25)4/h5-15,24,29H,16H2,1-4H3. The molecule has 0 saturated heterocycles. The van der Waals surface area contributed by atoms with Gasteiger partial charge in [-0.25, -0.2) is 18.0 Å². The molecule has 1 N–H and O–H groups in total. The molecule has 0 fully saturated rings. The van der Waals surface area contributed by atoms with Crippen molar-refractivity contribution < 1.29 is 22.4 Å². The van der Waals surface area contributed by atoms with Crippen LogP contribution in [0.15, 0.2) is 80.8 Å². The normalized spacial score (nSPS) is 12.4. The average molecular weight is 506 g/mol. The van der Waals surface area contributed by atoms with E-state index < -0.39 is 27.7 Å². The Bertz CT molecular complexity index is 1590. The number of sulfonamides is 1. The molecule has 4 rings (SSSR count). The van der Waals surface area contributed by atoms with Crippen molar-refractivity contribution in [3.63, 3.8) is 0 Å². The lowest BCUT2D eigenvalue weighted by atomic mass is 10.0. The summed E-state index contributed by atoms with van der Waals surface area (Å²) in [4.78, 5) is 25.6. The van der Waals surface area contributed by atoms with Gasteiger partial charge in [0.05, 0.1) is 4.90 Å². The van der Waals surface area contributed by atoms with Crippen molar-refractivity contribution >= 4 is 27.0 Å². The first kappa shape index (κ1) is 25.3. The molecule has 0 bridgehead atoms. The largest absolute Gasteiger partial charge is 0.425 e. The van der Waals surface area contributed by atoms with Crippen LogP contribution in [0, 0.1) is 27.7 Å². The molecule has 0 radical (unpaired) electrons. The highest BCUT2D eigenvalue weighted by Gasteiger charge is 2.28. The molecule has 0 aliphatic carbocycles. The predicted octanol–water partition coefficient (Wildman–Crippen LogP) is 4.52. The van der Waals surface area contributed by atoms with Crippen molar-refractivity contribution in [2.75, 3.05) is 0 Å². The lowest BCUT2D eigenvalue weighted by Crippen LogP contribution is -2.44. The van der Waals surface area contributed by atoms with E-state index in [9.17, 15) is 18.0 Å². The zero-order valence-electron chi connectivity index (χ0n) is 20.5. The maximum absolute atomic E-state index is 13.3. The fraction of sp³-hybridized carbons (Fsp3) is 0.214. The van der Waals surface area contributed by atoms with Crippen molar-refractivity contribution in [2.45, 2.75) is 45.1 Å². The Morgan fingerprint density at radius 3 is 2.22 bits per heavy atom. The highest BCUT2D eigenvalue weighted by Crippen LogP contribution is 2.29. The second-order valence-corrected chi connectivity index (χ2v) is 10.5. The van der Waals surface area contributed by atoms with Gasteiger partial charge in [-0.2, -0.15) is 4.72 Å². The van der Waals surface area contributed by atoms with Crippen molar-refractivity contribution in [1.82, 2.24) is 4.72 Å². The Balaban J connectivity index is 1.68. The third-order valence-corrected chi connectivity index (χ3v) is 7.72. The zero-order valence-corrected chi connectivity index (χ0v) is 21.3. The van der Waals surface area contributed by atoms with Crippen LogP contribution in [0.25, 0.3) is 11.0 Å². The number of esters is 1. The van der Waals surface area contributed by atoms with E-state index in [-0.39, 0.29) is 17.1 Å². The van der Waals surface area contributed by atoms with E-state index in [1.807, 2.05) is 44.2 Å². The fourth-order valence-electron chi connectivity index (χ4n) is 3.91. The molecule has 0 aliphatic rings. The van der Waals surface area contributed by atoms with Crippen LogP contribution in [-0.4, -0.2) is 20.4 Å². The molecule has 1 aromatic heterocycles. The van der Waals surface area contributed by atoms with Crippen molar-refractivity contribution in [1.29, 1.82) is 0 Å². The molecule has 0 spiro atoms.